The Morgan fingerprint density at radius 3 is 2.04 bits per heavy atom. The average Bonchev–Trinajstić information content (AvgIpc) is 3.96. The second-order valence-electron chi connectivity index (χ2n) is 14.7. The zero-order valence-corrected chi connectivity index (χ0v) is 30.7. The Morgan fingerprint density at radius 2 is 1.43 bits per heavy atom. The molecule has 51 heavy (non-hydrogen) atoms. The van der Waals surface area contributed by atoms with Crippen molar-refractivity contribution >= 4 is 46.4 Å². The molecule has 1 aliphatic carbocycles. The maximum absolute atomic E-state index is 13.5. The highest BCUT2D eigenvalue weighted by molar-refractivity contribution is 6.40. The van der Waals surface area contributed by atoms with Gasteiger partial charge in [0.1, 0.15) is 11.4 Å². The number of hydrogen-bond donors (Lipinski definition) is 3. The van der Waals surface area contributed by atoms with Crippen LogP contribution in [0, 0.1) is 0 Å². The Bertz CT molecular complexity index is 1950. The van der Waals surface area contributed by atoms with Crippen LogP contribution in [0.1, 0.15) is 95.1 Å². The number of nitrogens with one attached hydrogen (secondary N) is 2. The maximum atomic E-state index is 13.5. The fourth-order valence-electron chi connectivity index (χ4n) is 7.24. The number of fused-ring (bicyclic) bond motifs is 1. The molecule has 3 aliphatic rings. The van der Waals surface area contributed by atoms with Gasteiger partial charge < -0.3 is 15.7 Å². The summed E-state index contributed by atoms with van der Waals surface area (Å²) in [5.41, 5.74) is 6.52. The maximum Gasteiger partial charge on any atom is 0.274 e. The number of nitrogens with zero attached hydrogens (tertiary/aromatic N) is 4. The van der Waals surface area contributed by atoms with Gasteiger partial charge in [-0.05, 0) is 111 Å². The second-order valence-corrected chi connectivity index (χ2v) is 15.5. The van der Waals surface area contributed by atoms with Crippen LogP contribution in [0.4, 0.5) is 11.4 Å². The third-order valence-corrected chi connectivity index (χ3v) is 10.7. The summed E-state index contributed by atoms with van der Waals surface area (Å²) in [5, 5.41) is 16.8. The molecule has 1 saturated carbocycles. The molecule has 0 atom stereocenters. The van der Waals surface area contributed by atoms with Crippen molar-refractivity contribution in [1.82, 2.24) is 19.8 Å². The number of carbonyl (C=O) groups excluding carboxylic acids is 2. The van der Waals surface area contributed by atoms with E-state index in [0.717, 1.165) is 56.6 Å². The number of aromatic nitrogens is 2. The van der Waals surface area contributed by atoms with Gasteiger partial charge in [0.2, 0.25) is 0 Å². The van der Waals surface area contributed by atoms with Gasteiger partial charge in [-0.2, -0.15) is 0 Å². The number of aliphatic hydroxyl groups is 1. The number of piperidine rings is 1. The normalized spacial score (nSPS) is 16.8. The largest absolute Gasteiger partial charge is 0.389 e. The quantitative estimate of drug-likeness (QED) is 0.152. The first kappa shape index (κ1) is 35.5. The van der Waals surface area contributed by atoms with E-state index >= 15 is 0 Å². The number of amides is 2. The topological polar surface area (TPSA) is 111 Å². The Kier molecular flexibility index (Phi) is 10.5. The van der Waals surface area contributed by atoms with Gasteiger partial charge in [0.15, 0.2) is 0 Å². The van der Waals surface area contributed by atoms with E-state index in [0.29, 0.717) is 62.9 Å². The Hall–Kier alpha value is -3.86. The van der Waals surface area contributed by atoms with Crippen LogP contribution in [0.25, 0.3) is 11.1 Å². The lowest BCUT2D eigenvalue weighted by Crippen LogP contribution is -2.41. The van der Waals surface area contributed by atoms with Crippen LogP contribution in [0.5, 0.6) is 0 Å². The number of rotatable bonds is 10. The van der Waals surface area contributed by atoms with E-state index in [4.69, 9.17) is 23.2 Å². The van der Waals surface area contributed by atoms with Crippen molar-refractivity contribution in [1.29, 1.82) is 0 Å². The van der Waals surface area contributed by atoms with E-state index in [1.54, 1.807) is 38.2 Å². The van der Waals surface area contributed by atoms with Crippen LogP contribution in [0.2, 0.25) is 10.0 Å². The van der Waals surface area contributed by atoms with Gasteiger partial charge in [-0.15, -0.1) is 0 Å². The standard InChI is InChI=1S/C40H44Cl2N6O3/c1-40(2,51)24-48-17-14-26-18-34(43-20-27(26)22-48)38(49)45-32-10-6-8-29(36(32)41)30-9-7-11-33(37(30)42)46-39(50)35-19-31(25-12-13-25)28(21-44-35)23-47-15-4-3-5-16-47/h6-11,18-21,25,51H,3-5,12-17,22-24H2,1-2H3,(H,45,49)(H,46,50). The molecule has 0 unspecified atom stereocenters. The van der Waals surface area contributed by atoms with Crippen molar-refractivity contribution in [2.75, 3.05) is 36.8 Å². The minimum Gasteiger partial charge on any atom is -0.389 e. The molecule has 266 valence electrons. The predicted octanol–water partition coefficient (Wildman–Crippen LogP) is 7.95. The smallest absolute Gasteiger partial charge is 0.274 e. The lowest BCUT2D eigenvalue weighted by atomic mass is 9.99. The fourth-order valence-corrected chi connectivity index (χ4v) is 7.79. The third kappa shape index (κ3) is 8.45. The molecular weight excluding hydrogens is 683 g/mol. The van der Waals surface area contributed by atoms with Crippen molar-refractivity contribution in [2.24, 2.45) is 0 Å². The van der Waals surface area contributed by atoms with Crippen LogP contribution < -0.4 is 10.6 Å². The average molecular weight is 728 g/mol. The molecule has 2 aromatic heterocycles. The van der Waals surface area contributed by atoms with Crippen LogP contribution in [-0.4, -0.2) is 68.5 Å². The molecule has 2 aromatic carbocycles. The highest BCUT2D eigenvalue weighted by Gasteiger charge is 2.29. The number of benzene rings is 2. The van der Waals surface area contributed by atoms with Gasteiger partial charge in [0, 0.05) is 49.7 Å². The molecule has 1 saturated heterocycles. The van der Waals surface area contributed by atoms with Crippen molar-refractivity contribution in [3.05, 3.63) is 105 Å². The van der Waals surface area contributed by atoms with Crippen molar-refractivity contribution in [3.63, 3.8) is 0 Å². The second kappa shape index (κ2) is 15.0. The van der Waals surface area contributed by atoms with Gasteiger partial charge in [0.05, 0.1) is 27.0 Å². The van der Waals surface area contributed by atoms with Crippen molar-refractivity contribution in [3.8, 4) is 11.1 Å². The minimum atomic E-state index is -0.783. The zero-order chi connectivity index (χ0) is 35.7. The Labute approximate surface area is 309 Å². The zero-order valence-electron chi connectivity index (χ0n) is 29.1. The predicted molar refractivity (Wildman–Crippen MR) is 203 cm³/mol. The number of halogens is 2. The number of pyridine rings is 2. The van der Waals surface area contributed by atoms with Crippen LogP contribution in [-0.2, 0) is 19.5 Å². The first-order chi connectivity index (χ1) is 24.5. The van der Waals surface area contributed by atoms with Gasteiger partial charge in [0.25, 0.3) is 11.8 Å². The molecule has 11 heteroatoms. The highest BCUT2D eigenvalue weighted by Crippen LogP contribution is 2.43. The van der Waals surface area contributed by atoms with E-state index < -0.39 is 5.60 Å². The van der Waals surface area contributed by atoms with E-state index in [-0.39, 0.29) is 11.8 Å². The summed E-state index contributed by atoms with van der Waals surface area (Å²) in [6.07, 6.45) is 10.4. The van der Waals surface area contributed by atoms with E-state index in [1.807, 2.05) is 36.5 Å². The summed E-state index contributed by atoms with van der Waals surface area (Å²) in [7, 11) is 0. The summed E-state index contributed by atoms with van der Waals surface area (Å²) in [4.78, 5) is 40.6. The van der Waals surface area contributed by atoms with Gasteiger partial charge >= 0.3 is 0 Å². The first-order valence-electron chi connectivity index (χ1n) is 17.9. The van der Waals surface area contributed by atoms with Crippen molar-refractivity contribution in [2.45, 2.75) is 77.0 Å². The monoisotopic (exact) mass is 726 g/mol. The van der Waals surface area contributed by atoms with Gasteiger partial charge in [-0.1, -0.05) is 53.9 Å². The SMILES string of the molecule is CC(C)(O)CN1CCc2cc(C(=O)Nc3cccc(-c4cccc(NC(=O)c5cc(C6CC6)c(CN6CCCCC6)cn5)c4Cl)c3Cl)ncc2C1. The number of carbonyl (C=O) groups is 2. The molecule has 2 amide bonds. The molecule has 0 bridgehead atoms. The number of anilines is 2. The molecule has 0 radical (unpaired) electrons. The lowest BCUT2D eigenvalue weighted by Gasteiger charge is -2.33. The van der Waals surface area contributed by atoms with Gasteiger partial charge in [-0.3, -0.25) is 29.4 Å². The Morgan fingerprint density at radius 1 is 0.824 bits per heavy atom. The number of hydrogen-bond acceptors (Lipinski definition) is 7. The molecule has 3 N–H and O–H groups in total. The third-order valence-electron chi connectivity index (χ3n) is 9.92. The molecule has 2 aliphatic heterocycles. The summed E-state index contributed by atoms with van der Waals surface area (Å²) in [6, 6.07) is 14.5. The minimum absolute atomic E-state index is 0.298. The molecule has 9 nitrogen and oxygen atoms in total. The summed E-state index contributed by atoms with van der Waals surface area (Å²) in [6.45, 7) is 8.72. The molecule has 4 heterocycles. The van der Waals surface area contributed by atoms with Gasteiger partial charge in [-0.25, -0.2) is 0 Å². The summed E-state index contributed by atoms with van der Waals surface area (Å²) >= 11 is 13.8. The molecule has 7 rings (SSSR count). The number of likely N-dealkylation sites (tertiary alicyclic amines) is 1. The van der Waals surface area contributed by atoms with Crippen LogP contribution in [0.3, 0.4) is 0 Å². The fraction of sp³-hybridized carbons (Fsp3) is 0.400. The molecule has 2 fully saturated rings. The highest BCUT2D eigenvalue weighted by atomic mass is 35.5. The molecule has 4 aromatic rings. The summed E-state index contributed by atoms with van der Waals surface area (Å²) < 4.78 is 0. The first-order valence-corrected chi connectivity index (χ1v) is 18.6. The lowest BCUT2D eigenvalue weighted by molar-refractivity contribution is 0.0317. The Balaban J connectivity index is 1.05. The van der Waals surface area contributed by atoms with Crippen LogP contribution in [0.15, 0.2) is 60.9 Å². The van der Waals surface area contributed by atoms with Crippen molar-refractivity contribution < 1.29 is 14.7 Å². The molecule has 0 spiro atoms. The van der Waals surface area contributed by atoms with E-state index in [9.17, 15) is 14.7 Å². The van der Waals surface area contributed by atoms with E-state index in [1.165, 1.54) is 30.4 Å². The van der Waals surface area contributed by atoms with Crippen LogP contribution >= 0.6 is 23.2 Å². The summed E-state index contributed by atoms with van der Waals surface area (Å²) in [5.74, 6) is -0.210. The number of β-amino-alcohol motifs (C(OH)–C–C–N with tert-alkyl or cyclic N) is 1. The molecular formula is C40H44Cl2N6O3. The van der Waals surface area contributed by atoms with E-state index in [2.05, 4.69) is 30.4 Å².